The van der Waals surface area contributed by atoms with E-state index >= 15 is 0 Å². The number of carboxylic acid groups (broad SMARTS) is 1. The van der Waals surface area contributed by atoms with Crippen molar-refractivity contribution in [2.24, 2.45) is 5.92 Å². The van der Waals surface area contributed by atoms with E-state index in [-0.39, 0.29) is 5.92 Å². The highest BCUT2D eigenvalue weighted by Gasteiger charge is 2.15. The van der Waals surface area contributed by atoms with Gasteiger partial charge >= 0.3 is 5.97 Å². The molecule has 1 aromatic carbocycles. The van der Waals surface area contributed by atoms with Crippen LogP contribution in [-0.2, 0) is 11.2 Å². The van der Waals surface area contributed by atoms with Crippen LogP contribution < -0.4 is 0 Å². The highest BCUT2D eigenvalue weighted by Crippen LogP contribution is 2.25. The Bertz CT molecular complexity index is 385. The molecule has 1 unspecified atom stereocenters. The molecule has 0 radical (unpaired) electrons. The van der Waals surface area contributed by atoms with Gasteiger partial charge in [0.1, 0.15) is 0 Å². The van der Waals surface area contributed by atoms with Gasteiger partial charge in [0.15, 0.2) is 0 Å². The molecule has 1 atom stereocenters. The van der Waals surface area contributed by atoms with Gasteiger partial charge in [0.2, 0.25) is 0 Å². The van der Waals surface area contributed by atoms with E-state index in [4.69, 9.17) is 5.11 Å². The Balaban J connectivity index is 3.03. The largest absolute Gasteiger partial charge is 0.481 e. The van der Waals surface area contributed by atoms with Crippen molar-refractivity contribution in [3.05, 3.63) is 33.3 Å². The van der Waals surface area contributed by atoms with Crippen molar-refractivity contribution in [2.75, 3.05) is 0 Å². The predicted molar refractivity (Wildman–Crippen MR) is 64.1 cm³/mol. The number of carbonyl (C=O) groups is 1. The molecule has 0 aliphatic heterocycles. The number of aliphatic carboxylic acids is 1. The Labute approximate surface area is 98.4 Å². The Morgan fingerprint density at radius 3 is 2.60 bits per heavy atom. The summed E-state index contributed by atoms with van der Waals surface area (Å²) < 4.78 is 1.04. The molecular formula is C12H15BrO2. The fourth-order valence-electron chi connectivity index (χ4n) is 1.57. The van der Waals surface area contributed by atoms with Crippen LogP contribution in [0.3, 0.4) is 0 Å². The zero-order chi connectivity index (χ0) is 11.6. The molecule has 3 heteroatoms. The van der Waals surface area contributed by atoms with Gasteiger partial charge in [-0.15, -0.1) is 0 Å². The summed E-state index contributed by atoms with van der Waals surface area (Å²) in [5.74, 6) is -1.08. The second kappa shape index (κ2) is 4.79. The predicted octanol–water partition coefficient (Wildman–Crippen LogP) is 3.33. The molecule has 1 N–H and O–H groups in total. The van der Waals surface area contributed by atoms with Gasteiger partial charge < -0.3 is 5.11 Å². The van der Waals surface area contributed by atoms with Gasteiger partial charge in [0.05, 0.1) is 5.92 Å². The first-order valence-electron chi connectivity index (χ1n) is 4.91. The van der Waals surface area contributed by atoms with Crippen molar-refractivity contribution in [1.29, 1.82) is 0 Å². The maximum absolute atomic E-state index is 10.8. The van der Waals surface area contributed by atoms with Gasteiger partial charge in [-0.3, -0.25) is 4.79 Å². The minimum absolute atomic E-state index is 0.336. The molecule has 0 amide bonds. The Morgan fingerprint density at radius 2 is 2.07 bits per heavy atom. The van der Waals surface area contributed by atoms with E-state index in [1.807, 2.05) is 26.0 Å². The number of hydrogen-bond donors (Lipinski definition) is 1. The molecule has 0 heterocycles. The molecule has 0 aliphatic carbocycles. The standard InChI is InChI=1S/C12H15BrO2/c1-7-4-5-11(13)9(3)10(7)6-8(2)12(14)15/h4-5,8H,6H2,1-3H3,(H,14,15). The van der Waals surface area contributed by atoms with Gasteiger partial charge in [0, 0.05) is 4.47 Å². The number of carboxylic acids is 1. The van der Waals surface area contributed by atoms with E-state index in [1.54, 1.807) is 6.92 Å². The van der Waals surface area contributed by atoms with E-state index in [1.165, 1.54) is 0 Å². The minimum Gasteiger partial charge on any atom is -0.481 e. The summed E-state index contributed by atoms with van der Waals surface area (Å²) in [6, 6.07) is 4.01. The molecular weight excluding hydrogens is 256 g/mol. The smallest absolute Gasteiger partial charge is 0.306 e. The molecule has 0 aromatic heterocycles. The third kappa shape index (κ3) is 2.81. The van der Waals surface area contributed by atoms with Gasteiger partial charge in [0.25, 0.3) is 0 Å². The van der Waals surface area contributed by atoms with E-state index in [0.29, 0.717) is 6.42 Å². The summed E-state index contributed by atoms with van der Waals surface area (Å²) in [5.41, 5.74) is 3.44. The van der Waals surface area contributed by atoms with E-state index in [0.717, 1.165) is 21.2 Å². The van der Waals surface area contributed by atoms with Gasteiger partial charge in [-0.25, -0.2) is 0 Å². The lowest BCUT2D eigenvalue weighted by Gasteiger charge is -2.13. The van der Waals surface area contributed by atoms with Crippen LogP contribution in [0.25, 0.3) is 0 Å². The molecule has 15 heavy (non-hydrogen) atoms. The Kier molecular flexibility index (Phi) is 3.91. The zero-order valence-electron chi connectivity index (χ0n) is 9.17. The van der Waals surface area contributed by atoms with Crippen molar-refractivity contribution in [3.8, 4) is 0 Å². The van der Waals surface area contributed by atoms with Crippen LogP contribution in [0.2, 0.25) is 0 Å². The summed E-state index contributed by atoms with van der Waals surface area (Å²) in [6.07, 6.45) is 0.590. The van der Waals surface area contributed by atoms with Crippen LogP contribution in [0.15, 0.2) is 16.6 Å². The van der Waals surface area contributed by atoms with E-state index in [2.05, 4.69) is 15.9 Å². The molecule has 0 spiro atoms. The Morgan fingerprint density at radius 1 is 1.47 bits per heavy atom. The van der Waals surface area contributed by atoms with Crippen molar-refractivity contribution in [2.45, 2.75) is 27.2 Å². The fraction of sp³-hybridized carbons (Fsp3) is 0.417. The first kappa shape index (κ1) is 12.2. The maximum Gasteiger partial charge on any atom is 0.306 e. The molecule has 82 valence electrons. The molecule has 0 aliphatic rings. The van der Waals surface area contributed by atoms with Crippen molar-refractivity contribution in [3.63, 3.8) is 0 Å². The highest BCUT2D eigenvalue weighted by atomic mass is 79.9. The van der Waals surface area contributed by atoms with Crippen LogP contribution >= 0.6 is 15.9 Å². The zero-order valence-corrected chi connectivity index (χ0v) is 10.8. The first-order chi connectivity index (χ1) is 6.93. The molecule has 0 saturated heterocycles. The number of benzene rings is 1. The number of halogens is 1. The lowest BCUT2D eigenvalue weighted by molar-refractivity contribution is -0.141. The normalized spacial score (nSPS) is 12.5. The summed E-state index contributed by atoms with van der Waals surface area (Å²) >= 11 is 3.46. The second-order valence-electron chi connectivity index (χ2n) is 3.91. The van der Waals surface area contributed by atoms with Gasteiger partial charge in [-0.05, 0) is 43.0 Å². The van der Waals surface area contributed by atoms with E-state index in [9.17, 15) is 4.79 Å². The summed E-state index contributed by atoms with van der Waals surface area (Å²) in [6.45, 7) is 5.77. The minimum atomic E-state index is -0.742. The fourth-order valence-corrected chi connectivity index (χ4v) is 1.94. The third-order valence-electron chi connectivity index (χ3n) is 2.70. The van der Waals surface area contributed by atoms with Crippen LogP contribution in [0, 0.1) is 19.8 Å². The average Bonchev–Trinajstić information content (AvgIpc) is 2.18. The molecule has 1 aromatic rings. The van der Waals surface area contributed by atoms with Crippen LogP contribution in [-0.4, -0.2) is 11.1 Å². The lowest BCUT2D eigenvalue weighted by Crippen LogP contribution is -2.13. The maximum atomic E-state index is 10.8. The molecule has 0 bridgehead atoms. The SMILES string of the molecule is Cc1ccc(Br)c(C)c1CC(C)C(=O)O. The van der Waals surface area contributed by atoms with Crippen molar-refractivity contribution < 1.29 is 9.90 Å². The molecule has 2 nitrogen and oxygen atoms in total. The third-order valence-corrected chi connectivity index (χ3v) is 3.56. The van der Waals surface area contributed by atoms with Crippen LogP contribution in [0.4, 0.5) is 0 Å². The first-order valence-corrected chi connectivity index (χ1v) is 5.70. The van der Waals surface area contributed by atoms with Gasteiger partial charge in [-0.1, -0.05) is 28.9 Å². The molecule has 0 saturated carbocycles. The molecule has 0 fully saturated rings. The lowest BCUT2D eigenvalue weighted by atomic mass is 9.94. The monoisotopic (exact) mass is 270 g/mol. The topological polar surface area (TPSA) is 37.3 Å². The highest BCUT2D eigenvalue weighted by molar-refractivity contribution is 9.10. The number of hydrogen-bond acceptors (Lipinski definition) is 1. The molecule has 1 rings (SSSR count). The summed E-state index contributed by atoms with van der Waals surface area (Å²) in [4.78, 5) is 10.8. The quantitative estimate of drug-likeness (QED) is 0.915. The second-order valence-corrected chi connectivity index (χ2v) is 4.77. The summed E-state index contributed by atoms with van der Waals surface area (Å²) in [7, 11) is 0. The van der Waals surface area contributed by atoms with Crippen LogP contribution in [0.5, 0.6) is 0 Å². The van der Waals surface area contributed by atoms with Gasteiger partial charge in [-0.2, -0.15) is 0 Å². The Hall–Kier alpha value is -0.830. The number of aryl methyl sites for hydroxylation is 1. The summed E-state index contributed by atoms with van der Waals surface area (Å²) in [5, 5.41) is 8.88. The van der Waals surface area contributed by atoms with E-state index < -0.39 is 5.97 Å². The van der Waals surface area contributed by atoms with Crippen molar-refractivity contribution in [1.82, 2.24) is 0 Å². The average molecular weight is 271 g/mol. The number of rotatable bonds is 3. The van der Waals surface area contributed by atoms with Crippen LogP contribution in [0.1, 0.15) is 23.6 Å². The van der Waals surface area contributed by atoms with Crippen molar-refractivity contribution >= 4 is 21.9 Å².